The number of fused-ring (bicyclic) bond motifs is 1. The van der Waals surface area contributed by atoms with E-state index in [1.165, 1.54) is 5.70 Å². The largest absolute Gasteiger partial charge is 0.328 e. The summed E-state index contributed by atoms with van der Waals surface area (Å²) in [6.45, 7) is 15.4. The zero-order valence-corrected chi connectivity index (χ0v) is 12.7. The maximum Gasteiger partial charge on any atom is 0.141 e. The minimum atomic E-state index is 0.139. The first kappa shape index (κ1) is 14.9. The molecule has 0 aromatic heterocycles. The Morgan fingerprint density at radius 3 is 2.90 bits per heavy atom. The molecule has 0 spiro atoms. The molecule has 0 amide bonds. The maximum absolute atomic E-state index is 6.12. The first-order valence-corrected chi connectivity index (χ1v) is 7.54. The van der Waals surface area contributed by atoms with Gasteiger partial charge in [-0.1, -0.05) is 43.7 Å². The van der Waals surface area contributed by atoms with E-state index in [1.54, 1.807) is 17.8 Å². The highest BCUT2D eigenvalue weighted by molar-refractivity contribution is 8.06. The zero-order valence-electron chi connectivity index (χ0n) is 11.9. The smallest absolute Gasteiger partial charge is 0.141 e. The highest BCUT2D eigenvalue weighted by atomic mass is 32.2. The Bertz CT molecular complexity index is 540. The summed E-state index contributed by atoms with van der Waals surface area (Å²) < 4.78 is 0. The van der Waals surface area contributed by atoms with Crippen molar-refractivity contribution >= 4 is 17.6 Å². The van der Waals surface area contributed by atoms with E-state index < -0.39 is 0 Å². The number of aliphatic imine (C=N–C) groups is 1. The normalized spacial score (nSPS) is 22.0. The Kier molecular flexibility index (Phi) is 4.68. The first-order valence-electron chi connectivity index (χ1n) is 6.66. The lowest BCUT2D eigenvalue weighted by molar-refractivity contribution is 0.550. The molecule has 0 aromatic rings. The van der Waals surface area contributed by atoms with Crippen molar-refractivity contribution in [2.75, 3.05) is 13.1 Å². The van der Waals surface area contributed by atoms with E-state index in [4.69, 9.17) is 5.73 Å². The van der Waals surface area contributed by atoms with Crippen molar-refractivity contribution in [3.63, 3.8) is 0 Å². The van der Waals surface area contributed by atoms with Gasteiger partial charge in [-0.3, -0.25) is 4.99 Å². The summed E-state index contributed by atoms with van der Waals surface area (Å²) in [5.41, 5.74) is 9.45. The van der Waals surface area contributed by atoms with Gasteiger partial charge in [-0.15, -0.1) is 0 Å². The Morgan fingerprint density at radius 2 is 2.25 bits per heavy atom. The van der Waals surface area contributed by atoms with Gasteiger partial charge in [0, 0.05) is 29.6 Å². The van der Waals surface area contributed by atoms with Gasteiger partial charge in [0.2, 0.25) is 0 Å². The first-order chi connectivity index (χ1) is 9.58. The second kappa shape index (κ2) is 6.29. The molecule has 1 atom stereocenters. The van der Waals surface area contributed by atoms with Gasteiger partial charge in [-0.2, -0.15) is 0 Å². The van der Waals surface area contributed by atoms with Crippen LogP contribution in [0.15, 0.2) is 64.0 Å². The fourth-order valence-electron chi connectivity index (χ4n) is 2.45. The third kappa shape index (κ3) is 2.81. The van der Waals surface area contributed by atoms with Crippen LogP contribution >= 0.6 is 11.8 Å². The molecule has 0 bridgehead atoms. The van der Waals surface area contributed by atoms with Crippen LogP contribution in [-0.2, 0) is 0 Å². The molecule has 20 heavy (non-hydrogen) atoms. The fourth-order valence-corrected chi connectivity index (χ4v) is 3.03. The van der Waals surface area contributed by atoms with Gasteiger partial charge in [-0.25, -0.2) is 0 Å². The van der Waals surface area contributed by atoms with Gasteiger partial charge in [0.15, 0.2) is 0 Å². The van der Waals surface area contributed by atoms with Crippen molar-refractivity contribution in [1.29, 1.82) is 0 Å². The SMILES string of the molecule is C=CC(=C)C1=C2CC(N)CN2C(C(=C)S/C=C\C)=NC1. The molecule has 0 saturated carbocycles. The predicted octanol–water partition coefficient (Wildman–Crippen LogP) is 3.21. The lowest BCUT2D eigenvalue weighted by Crippen LogP contribution is -2.34. The number of rotatable bonds is 5. The van der Waals surface area contributed by atoms with Gasteiger partial charge in [0.25, 0.3) is 0 Å². The summed E-state index contributed by atoms with van der Waals surface area (Å²) in [6.07, 6.45) is 4.65. The molecular weight excluding hydrogens is 266 g/mol. The molecule has 1 saturated heterocycles. The molecule has 0 aromatic carbocycles. The highest BCUT2D eigenvalue weighted by Gasteiger charge is 2.33. The van der Waals surface area contributed by atoms with Crippen molar-refractivity contribution in [2.45, 2.75) is 19.4 Å². The summed E-state index contributed by atoms with van der Waals surface area (Å²) in [5.74, 6) is 0.941. The van der Waals surface area contributed by atoms with Crippen molar-refractivity contribution < 1.29 is 0 Å². The third-order valence-electron chi connectivity index (χ3n) is 3.42. The zero-order chi connectivity index (χ0) is 14.7. The van der Waals surface area contributed by atoms with E-state index in [0.717, 1.165) is 34.9 Å². The molecule has 2 aliphatic rings. The van der Waals surface area contributed by atoms with E-state index in [0.29, 0.717) is 6.54 Å². The monoisotopic (exact) mass is 287 g/mol. The lowest BCUT2D eigenvalue weighted by Gasteiger charge is -2.29. The van der Waals surface area contributed by atoms with E-state index in [-0.39, 0.29) is 6.04 Å². The van der Waals surface area contributed by atoms with Gasteiger partial charge >= 0.3 is 0 Å². The molecule has 2 rings (SSSR count). The van der Waals surface area contributed by atoms with E-state index in [9.17, 15) is 0 Å². The predicted molar refractivity (Wildman–Crippen MR) is 89.5 cm³/mol. The number of thioether (sulfide) groups is 1. The van der Waals surface area contributed by atoms with Crippen molar-refractivity contribution in [3.05, 3.63) is 59.0 Å². The van der Waals surface area contributed by atoms with Crippen LogP contribution in [0, 0.1) is 0 Å². The number of hydrogen-bond acceptors (Lipinski definition) is 4. The fraction of sp³-hybridized carbons (Fsp3) is 0.312. The molecule has 2 N–H and O–H groups in total. The molecule has 1 unspecified atom stereocenters. The van der Waals surface area contributed by atoms with Crippen LogP contribution in [-0.4, -0.2) is 29.9 Å². The van der Waals surface area contributed by atoms with E-state index in [2.05, 4.69) is 29.6 Å². The van der Waals surface area contributed by atoms with Crippen LogP contribution in [0.3, 0.4) is 0 Å². The second-order valence-corrected chi connectivity index (χ2v) is 5.88. The van der Waals surface area contributed by atoms with Crippen LogP contribution in [0.2, 0.25) is 0 Å². The van der Waals surface area contributed by atoms with E-state index >= 15 is 0 Å². The number of amidine groups is 1. The van der Waals surface area contributed by atoms with Gasteiger partial charge in [0.1, 0.15) is 5.84 Å². The van der Waals surface area contributed by atoms with Crippen molar-refractivity contribution in [1.82, 2.24) is 4.90 Å². The standard InChI is InChI=1S/C16H21N3S/c1-5-7-20-12(4)16-18-9-14(11(3)6-2)15-8-13(17)10-19(15)16/h5-7,13H,2-4,8-10,17H2,1H3/b7-5-. The van der Waals surface area contributed by atoms with Crippen LogP contribution in [0.25, 0.3) is 0 Å². The molecular formula is C16H21N3S. The number of nitrogens with zero attached hydrogens (tertiary/aromatic N) is 2. The molecule has 3 nitrogen and oxygen atoms in total. The second-order valence-electron chi connectivity index (χ2n) is 4.88. The summed E-state index contributed by atoms with van der Waals surface area (Å²) in [7, 11) is 0. The Morgan fingerprint density at radius 1 is 1.50 bits per heavy atom. The summed E-state index contributed by atoms with van der Waals surface area (Å²) in [6, 6.07) is 0.139. The topological polar surface area (TPSA) is 41.6 Å². The summed E-state index contributed by atoms with van der Waals surface area (Å²) >= 11 is 1.60. The summed E-state index contributed by atoms with van der Waals surface area (Å²) in [4.78, 5) is 7.82. The van der Waals surface area contributed by atoms with Crippen molar-refractivity contribution in [3.8, 4) is 0 Å². The molecule has 0 aliphatic carbocycles. The minimum absolute atomic E-state index is 0.139. The minimum Gasteiger partial charge on any atom is -0.328 e. The lowest BCUT2D eigenvalue weighted by atomic mass is 10.0. The molecule has 1 fully saturated rings. The average Bonchev–Trinajstić information content (AvgIpc) is 2.83. The third-order valence-corrected chi connectivity index (χ3v) is 4.29. The number of hydrogen-bond donors (Lipinski definition) is 1. The number of allylic oxidation sites excluding steroid dienone is 2. The highest BCUT2D eigenvalue weighted by Crippen LogP contribution is 2.34. The van der Waals surface area contributed by atoms with Crippen LogP contribution in [0.1, 0.15) is 13.3 Å². The maximum atomic E-state index is 6.12. The Labute approximate surface area is 125 Å². The Balaban J connectivity index is 2.29. The molecule has 106 valence electrons. The average molecular weight is 287 g/mol. The van der Waals surface area contributed by atoms with Gasteiger partial charge < -0.3 is 10.6 Å². The summed E-state index contributed by atoms with van der Waals surface area (Å²) in [5, 5.41) is 2.02. The molecule has 0 radical (unpaired) electrons. The Hall–Kier alpha value is -1.52. The molecule has 4 heteroatoms. The molecule has 2 heterocycles. The van der Waals surface area contributed by atoms with Crippen molar-refractivity contribution in [2.24, 2.45) is 10.7 Å². The number of nitrogens with two attached hydrogens (primary N) is 1. The van der Waals surface area contributed by atoms with Crippen LogP contribution in [0.4, 0.5) is 0 Å². The van der Waals surface area contributed by atoms with Crippen LogP contribution in [0.5, 0.6) is 0 Å². The molecule has 2 aliphatic heterocycles. The van der Waals surface area contributed by atoms with Gasteiger partial charge in [-0.05, 0) is 23.5 Å². The van der Waals surface area contributed by atoms with Crippen LogP contribution < -0.4 is 5.73 Å². The van der Waals surface area contributed by atoms with E-state index in [1.807, 2.05) is 18.4 Å². The van der Waals surface area contributed by atoms with Gasteiger partial charge in [0.05, 0.1) is 6.54 Å². The quantitative estimate of drug-likeness (QED) is 0.789.